The molecule has 0 rings (SSSR count). The zero-order chi connectivity index (χ0) is 12.0. The van der Waals surface area contributed by atoms with Gasteiger partial charge in [0.15, 0.2) is 11.9 Å². The summed E-state index contributed by atoms with van der Waals surface area (Å²) in [6.45, 7) is 0.282. The Bertz CT molecular complexity index is 265. The van der Waals surface area contributed by atoms with E-state index in [4.69, 9.17) is 5.11 Å². The van der Waals surface area contributed by atoms with Crippen LogP contribution in [0.2, 0.25) is 0 Å². The molecule has 0 bridgehead atoms. The van der Waals surface area contributed by atoms with Gasteiger partial charge < -0.3 is 29.6 Å². The molecular weight excluding hydrogens is 296 g/mol. The number of rotatable bonds is 7. The second-order valence-corrected chi connectivity index (χ2v) is 2.61. The van der Waals surface area contributed by atoms with Crippen molar-refractivity contribution in [3.8, 4) is 0 Å². The maximum Gasteiger partial charge on any atom is 2.00 e. The molecule has 0 saturated carbocycles. The van der Waals surface area contributed by atoms with E-state index in [2.05, 4.69) is 4.74 Å². The van der Waals surface area contributed by atoms with Crippen molar-refractivity contribution in [3.05, 3.63) is 0 Å². The SMILES string of the molecule is CCOC(C(=O)[O-])C(=O)C(CO)C(=O)[O-].[Sr+2]. The number of carbonyl (C=O) groups excluding carboxylic acids is 3. The number of carboxylic acids is 2. The fraction of sp³-hybridized carbons (Fsp3) is 0.625. The van der Waals surface area contributed by atoms with Crippen molar-refractivity contribution in [2.24, 2.45) is 5.92 Å². The average molecular weight is 306 g/mol. The molecule has 2 unspecified atom stereocenters. The van der Waals surface area contributed by atoms with E-state index in [1.165, 1.54) is 6.92 Å². The topological polar surface area (TPSA) is 127 Å². The van der Waals surface area contributed by atoms with E-state index in [9.17, 15) is 24.6 Å². The molecule has 0 spiro atoms. The fourth-order valence-electron chi connectivity index (χ4n) is 0.896. The summed E-state index contributed by atoms with van der Waals surface area (Å²) in [7, 11) is 0. The molecule has 0 saturated heterocycles. The Morgan fingerprint density at radius 2 is 1.75 bits per heavy atom. The van der Waals surface area contributed by atoms with Crippen molar-refractivity contribution in [3.63, 3.8) is 0 Å². The predicted octanol–water partition coefficient (Wildman–Crippen LogP) is -4.31. The summed E-state index contributed by atoms with van der Waals surface area (Å²) < 4.78 is 4.48. The number of ether oxygens (including phenoxy) is 1. The van der Waals surface area contributed by atoms with Gasteiger partial charge in [0.05, 0.1) is 24.5 Å². The van der Waals surface area contributed by atoms with Crippen molar-refractivity contribution in [2.75, 3.05) is 13.2 Å². The summed E-state index contributed by atoms with van der Waals surface area (Å²) >= 11 is 0. The largest absolute Gasteiger partial charge is 2.00 e. The third-order valence-electron chi connectivity index (χ3n) is 1.62. The molecule has 7 nitrogen and oxygen atoms in total. The third-order valence-corrected chi connectivity index (χ3v) is 1.62. The minimum atomic E-state index is -2.00. The van der Waals surface area contributed by atoms with Crippen molar-refractivity contribution < 1.29 is 34.4 Å². The van der Waals surface area contributed by atoms with Gasteiger partial charge in [0.1, 0.15) is 0 Å². The van der Waals surface area contributed by atoms with Crippen LogP contribution in [0.5, 0.6) is 0 Å². The summed E-state index contributed by atoms with van der Waals surface area (Å²) in [5, 5.41) is 29.3. The van der Waals surface area contributed by atoms with Gasteiger partial charge in [-0.25, -0.2) is 0 Å². The second-order valence-electron chi connectivity index (χ2n) is 2.61. The number of aliphatic hydroxyl groups is 1. The van der Waals surface area contributed by atoms with E-state index in [1.54, 1.807) is 0 Å². The Hall–Kier alpha value is 0.0105. The normalized spacial score (nSPS) is 13.4. The number of aliphatic carboxylic acids is 2. The van der Waals surface area contributed by atoms with Gasteiger partial charge in [0.25, 0.3) is 0 Å². The van der Waals surface area contributed by atoms with E-state index in [1.807, 2.05) is 0 Å². The molecule has 16 heavy (non-hydrogen) atoms. The molecule has 0 aromatic rings. The number of carbonyl (C=O) groups is 3. The maximum atomic E-state index is 11.2. The molecule has 0 radical (unpaired) electrons. The van der Waals surface area contributed by atoms with Crippen LogP contribution in [0.15, 0.2) is 0 Å². The van der Waals surface area contributed by atoms with Gasteiger partial charge in [-0.15, -0.1) is 0 Å². The first-order chi connectivity index (χ1) is 6.95. The van der Waals surface area contributed by atoms with Gasteiger partial charge in [-0.3, -0.25) is 4.79 Å². The first-order valence-electron chi connectivity index (χ1n) is 4.13. The van der Waals surface area contributed by atoms with Gasteiger partial charge in [0.2, 0.25) is 0 Å². The summed E-state index contributed by atoms with van der Waals surface area (Å²) in [6, 6.07) is 0. The molecule has 0 heterocycles. The number of ketones is 1. The Labute approximate surface area is 129 Å². The minimum Gasteiger partial charge on any atom is -0.549 e. The summed E-state index contributed by atoms with van der Waals surface area (Å²) in [5.41, 5.74) is 0. The second kappa shape index (κ2) is 9.08. The van der Waals surface area contributed by atoms with Crippen molar-refractivity contribution in [1.82, 2.24) is 0 Å². The molecule has 0 aromatic heterocycles. The van der Waals surface area contributed by atoms with Gasteiger partial charge in [-0.1, -0.05) is 0 Å². The zero-order valence-electron chi connectivity index (χ0n) is 8.67. The van der Waals surface area contributed by atoms with E-state index in [-0.39, 0.29) is 52.1 Å². The number of aliphatic hydroxyl groups excluding tert-OH is 1. The first kappa shape index (κ1) is 18.4. The van der Waals surface area contributed by atoms with Gasteiger partial charge >= 0.3 is 45.5 Å². The molecule has 0 aromatic carbocycles. The number of hydrogen-bond donors (Lipinski definition) is 1. The monoisotopic (exact) mass is 306 g/mol. The molecule has 0 aliphatic rings. The van der Waals surface area contributed by atoms with E-state index >= 15 is 0 Å². The smallest absolute Gasteiger partial charge is 0.549 e. The summed E-state index contributed by atoms with van der Waals surface area (Å²) in [4.78, 5) is 32.0. The quantitative estimate of drug-likeness (QED) is 0.372. The summed E-state index contributed by atoms with van der Waals surface area (Å²) in [6.07, 6.45) is -2.00. The van der Waals surface area contributed by atoms with Crippen LogP contribution in [0.25, 0.3) is 0 Å². The van der Waals surface area contributed by atoms with Gasteiger partial charge in [-0.05, 0) is 6.92 Å². The standard InChI is InChI=1S/C8H12O7.Sr/c1-2-15-6(8(13)14)5(10)4(3-9)7(11)12;/h4,6,9H,2-3H2,1H3,(H,11,12)(H,13,14);/q;+2/p-2. The van der Waals surface area contributed by atoms with Crippen LogP contribution in [0.3, 0.4) is 0 Å². The zero-order valence-corrected chi connectivity index (χ0v) is 12.1. The minimum absolute atomic E-state index is 0. The molecule has 0 aliphatic carbocycles. The number of Topliss-reactive ketones (excluding diaryl/α,β-unsaturated/α-hetero) is 1. The van der Waals surface area contributed by atoms with Crippen molar-refractivity contribution in [1.29, 1.82) is 0 Å². The van der Waals surface area contributed by atoms with Crippen LogP contribution in [-0.2, 0) is 19.1 Å². The van der Waals surface area contributed by atoms with Crippen LogP contribution < -0.4 is 10.2 Å². The predicted molar refractivity (Wildman–Crippen MR) is 46.8 cm³/mol. The van der Waals surface area contributed by atoms with E-state index in [0.29, 0.717) is 0 Å². The number of carboxylic acid groups (broad SMARTS) is 2. The van der Waals surface area contributed by atoms with Crippen molar-refractivity contribution in [2.45, 2.75) is 13.0 Å². The number of hydrogen-bond acceptors (Lipinski definition) is 7. The Morgan fingerprint density at radius 3 is 2.00 bits per heavy atom. The van der Waals surface area contributed by atoms with E-state index in [0.717, 1.165) is 0 Å². The summed E-state index contributed by atoms with van der Waals surface area (Å²) in [5.74, 6) is -6.91. The molecule has 86 valence electrons. The molecular formula is C8H10O7Sr. The Balaban J connectivity index is 0. The van der Waals surface area contributed by atoms with Crippen LogP contribution >= 0.6 is 0 Å². The van der Waals surface area contributed by atoms with Gasteiger partial charge in [-0.2, -0.15) is 0 Å². The molecule has 1 N–H and O–H groups in total. The maximum absolute atomic E-state index is 11.2. The Morgan fingerprint density at radius 1 is 1.25 bits per heavy atom. The molecule has 0 fully saturated rings. The van der Waals surface area contributed by atoms with Crippen LogP contribution in [0.4, 0.5) is 0 Å². The Kier molecular flexibility index (Phi) is 10.4. The fourth-order valence-corrected chi connectivity index (χ4v) is 0.896. The third kappa shape index (κ3) is 5.37. The molecule has 8 heteroatoms. The van der Waals surface area contributed by atoms with Crippen LogP contribution in [0, 0.1) is 5.92 Å². The van der Waals surface area contributed by atoms with Crippen LogP contribution in [-0.4, -0.2) is 87.6 Å². The van der Waals surface area contributed by atoms with Crippen molar-refractivity contribution >= 4 is 63.2 Å². The van der Waals surface area contributed by atoms with Gasteiger partial charge in [0, 0.05) is 6.61 Å². The molecule has 2 atom stereocenters. The molecule has 0 amide bonds. The molecule has 0 aliphatic heterocycles. The average Bonchev–Trinajstić information content (AvgIpc) is 2.13. The van der Waals surface area contributed by atoms with Crippen LogP contribution in [0.1, 0.15) is 6.92 Å². The van der Waals surface area contributed by atoms with E-state index < -0.39 is 36.4 Å². The first-order valence-corrected chi connectivity index (χ1v) is 4.13.